The maximum atomic E-state index is 9.33. The lowest BCUT2D eigenvalue weighted by molar-refractivity contribution is 0.276. The molecule has 1 unspecified atom stereocenters. The van der Waals surface area contributed by atoms with Gasteiger partial charge >= 0.3 is 10.4 Å². The lowest BCUT2D eigenvalue weighted by Crippen LogP contribution is -2.55. The first-order valence-corrected chi connectivity index (χ1v) is 14.2. The van der Waals surface area contributed by atoms with E-state index in [1.807, 2.05) is 0 Å². The van der Waals surface area contributed by atoms with Gasteiger partial charge in [0.1, 0.15) is 11.9 Å². The van der Waals surface area contributed by atoms with E-state index in [0.717, 1.165) is 18.0 Å². The van der Waals surface area contributed by atoms with E-state index in [1.54, 1.807) is 0 Å². The lowest BCUT2D eigenvalue weighted by atomic mass is 10.0. The maximum absolute atomic E-state index is 9.33. The Labute approximate surface area is 210 Å². The Kier molecular flexibility index (Phi) is 22.0. The molecule has 6 N–H and O–H groups in total. The van der Waals surface area contributed by atoms with Crippen molar-refractivity contribution in [3.63, 3.8) is 0 Å². The van der Waals surface area contributed by atoms with Crippen molar-refractivity contribution in [3.05, 3.63) is 30.3 Å². The minimum atomic E-state index is -4.16. The second-order valence-corrected chi connectivity index (χ2v) is 10.6. The van der Waals surface area contributed by atoms with Gasteiger partial charge in [-0.3, -0.25) is 19.0 Å². The molecule has 0 amide bonds. The van der Waals surface area contributed by atoms with Gasteiger partial charge in [-0.2, -0.15) is 8.42 Å². The highest BCUT2D eigenvalue weighted by Gasteiger charge is 2.26. The van der Waals surface area contributed by atoms with Crippen LogP contribution < -0.4 is 16.4 Å². The fraction of sp³-hybridized carbons (Fsp3) is 0.769. The normalized spacial score (nSPS) is 12.4. The molecule has 0 saturated carbocycles. The third-order valence-electron chi connectivity index (χ3n) is 6.31. The van der Waals surface area contributed by atoms with E-state index in [-0.39, 0.29) is 12.3 Å². The van der Waals surface area contributed by atoms with Crippen LogP contribution in [0.25, 0.3) is 0 Å². The molecule has 1 rings (SSSR count). The molecule has 0 radical (unpaired) electrons. The Bertz CT molecular complexity index is 670. The van der Waals surface area contributed by atoms with E-state index in [0.29, 0.717) is 0 Å². The van der Waals surface area contributed by atoms with Crippen LogP contribution in [0, 0.1) is 0 Å². The molecule has 1 atom stereocenters. The van der Waals surface area contributed by atoms with E-state index in [9.17, 15) is 8.42 Å². The summed E-state index contributed by atoms with van der Waals surface area (Å²) in [7, 11) is 1.16. The number of benzene rings is 1. The summed E-state index contributed by atoms with van der Waals surface area (Å²) in [5.41, 5.74) is 7.80. The van der Waals surface area contributed by atoms with Gasteiger partial charge in [0.05, 0.1) is 21.2 Å². The van der Waals surface area contributed by atoms with Gasteiger partial charge in [0.15, 0.2) is 0 Å². The number of hydrogen-bond acceptors (Lipinski definition) is 5. The second-order valence-electron chi connectivity index (χ2n) is 9.42. The zero-order valence-corrected chi connectivity index (χ0v) is 23.2. The molecule has 7 nitrogen and oxygen atoms in total. The minimum absolute atomic E-state index is 0. The van der Waals surface area contributed by atoms with Crippen LogP contribution in [0.2, 0.25) is 0 Å². The van der Waals surface area contributed by atoms with Crippen molar-refractivity contribution in [2.24, 2.45) is 5.73 Å². The van der Waals surface area contributed by atoms with Crippen LogP contribution in [0.3, 0.4) is 0 Å². The molecular formula is C26H54N3O4S+. The predicted molar refractivity (Wildman–Crippen MR) is 147 cm³/mol. The Balaban J connectivity index is 0. The lowest BCUT2D eigenvalue weighted by Gasteiger charge is -2.35. The second kappa shape index (κ2) is 21.3. The molecule has 8 heteroatoms. The van der Waals surface area contributed by atoms with Gasteiger partial charge in [-0.25, -0.2) is 0 Å². The Hall–Kier alpha value is -1.03. The van der Waals surface area contributed by atoms with Gasteiger partial charge in [0, 0.05) is 6.42 Å². The first-order chi connectivity index (χ1) is 15.6. The molecule has 0 bridgehead atoms. The summed E-state index contributed by atoms with van der Waals surface area (Å²) in [5.74, 6) is 0. The Morgan fingerprint density at radius 2 is 1.18 bits per heavy atom. The highest BCUT2D eigenvalue weighted by atomic mass is 32.3. The summed E-state index contributed by atoms with van der Waals surface area (Å²) in [6.07, 6.45) is 21.0. The number of quaternary nitrogens is 1. The standard InChI is InChI=1S/C25H47N2.CH4O4S.H3N/c1-4-5-6-7-8-9-10-11-12-13-14-15-16-20-23-25(26)27(2,3)24-21-18-17-19-22-24;1-5-6(2,3)4;/h17-19,21-22,25H,4-16,20,23,26H2,1-3H3;1H3,(H,2,3,4);1H3/q+1;;. The average molecular weight is 505 g/mol. The summed E-state index contributed by atoms with van der Waals surface area (Å²) < 4.78 is 30.5. The largest absolute Gasteiger partial charge is 0.397 e. The smallest absolute Gasteiger partial charge is 0.344 e. The first kappa shape index (κ1) is 35.1. The molecule has 0 aromatic heterocycles. The zero-order chi connectivity index (χ0) is 25.0. The molecule has 34 heavy (non-hydrogen) atoms. The summed E-state index contributed by atoms with van der Waals surface area (Å²) in [4.78, 5) is 0. The predicted octanol–water partition coefficient (Wildman–Crippen LogP) is 7.01. The fourth-order valence-electron chi connectivity index (χ4n) is 3.87. The monoisotopic (exact) mass is 504 g/mol. The van der Waals surface area contributed by atoms with Crippen molar-refractivity contribution in [1.82, 2.24) is 10.6 Å². The van der Waals surface area contributed by atoms with E-state index in [2.05, 4.69) is 55.5 Å². The molecule has 202 valence electrons. The van der Waals surface area contributed by atoms with Crippen LogP contribution in [0.5, 0.6) is 0 Å². The van der Waals surface area contributed by atoms with Crippen LogP contribution in [0.1, 0.15) is 103 Å². The van der Waals surface area contributed by atoms with Gasteiger partial charge in [-0.1, -0.05) is 109 Å². The van der Waals surface area contributed by atoms with Gasteiger partial charge in [0.2, 0.25) is 0 Å². The molecule has 0 spiro atoms. The number of rotatable bonds is 18. The Morgan fingerprint density at radius 3 is 1.53 bits per heavy atom. The SMILES string of the molecule is CCCCCCCCCCCCCCCCC(N)[N+](C)(C)c1ccccc1.COS(=O)(=O)O.N. The molecule has 0 fully saturated rings. The molecule has 1 aromatic rings. The van der Waals surface area contributed by atoms with E-state index < -0.39 is 10.4 Å². The van der Waals surface area contributed by atoms with E-state index in [1.165, 1.54) is 95.6 Å². The molecular weight excluding hydrogens is 450 g/mol. The number of nitrogens with zero attached hydrogens (tertiary/aromatic N) is 1. The van der Waals surface area contributed by atoms with Gasteiger partial charge in [0.25, 0.3) is 0 Å². The minimum Gasteiger partial charge on any atom is -0.344 e. The zero-order valence-electron chi connectivity index (χ0n) is 22.4. The summed E-state index contributed by atoms with van der Waals surface area (Å²) in [6, 6.07) is 10.7. The number of hydrogen-bond donors (Lipinski definition) is 3. The van der Waals surface area contributed by atoms with Crippen molar-refractivity contribution in [2.45, 2.75) is 109 Å². The molecule has 0 aliphatic heterocycles. The van der Waals surface area contributed by atoms with Crippen LogP contribution in [0.4, 0.5) is 5.69 Å². The Morgan fingerprint density at radius 1 is 0.824 bits per heavy atom. The third-order valence-corrected chi connectivity index (χ3v) is 6.74. The molecule has 0 aliphatic carbocycles. The number of para-hydroxylation sites is 1. The van der Waals surface area contributed by atoms with Gasteiger partial charge in [-0.15, -0.1) is 0 Å². The average Bonchev–Trinajstić information content (AvgIpc) is 2.79. The first-order valence-electron chi connectivity index (χ1n) is 12.8. The number of unbranched alkanes of at least 4 members (excludes halogenated alkanes) is 13. The van der Waals surface area contributed by atoms with E-state index in [4.69, 9.17) is 10.3 Å². The quantitative estimate of drug-likeness (QED) is 0.0854. The topological polar surface area (TPSA) is 125 Å². The van der Waals surface area contributed by atoms with Crippen LogP contribution in [-0.2, 0) is 14.6 Å². The van der Waals surface area contributed by atoms with Crippen molar-refractivity contribution < 1.29 is 17.2 Å². The van der Waals surface area contributed by atoms with Crippen LogP contribution in [0.15, 0.2) is 30.3 Å². The van der Waals surface area contributed by atoms with Crippen LogP contribution >= 0.6 is 0 Å². The third kappa shape index (κ3) is 19.3. The fourth-order valence-corrected chi connectivity index (χ4v) is 3.87. The van der Waals surface area contributed by atoms with Gasteiger partial charge in [-0.05, 0) is 18.6 Å². The molecule has 0 heterocycles. The summed E-state index contributed by atoms with van der Waals surface area (Å²) in [5, 5.41) is 0. The summed E-state index contributed by atoms with van der Waals surface area (Å²) in [6.45, 7) is 2.29. The van der Waals surface area contributed by atoms with Crippen molar-refractivity contribution in [3.8, 4) is 0 Å². The molecule has 0 saturated heterocycles. The van der Waals surface area contributed by atoms with Gasteiger partial charge < -0.3 is 6.15 Å². The summed E-state index contributed by atoms with van der Waals surface area (Å²) >= 11 is 0. The van der Waals surface area contributed by atoms with Crippen LogP contribution in [-0.4, -0.2) is 40.3 Å². The van der Waals surface area contributed by atoms with Crippen molar-refractivity contribution >= 4 is 16.1 Å². The van der Waals surface area contributed by atoms with Crippen molar-refractivity contribution in [1.29, 1.82) is 0 Å². The molecule has 1 aromatic carbocycles. The highest BCUT2D eigenvalue weighted by Crippen LogP contribution is 2.22. The van der Waals surface area contributed by atoms with E-state index >= 15 is 0 Å². The number of nitrogens with two attached hydrogens (primary N) is 1. The maximum Gasteiger partial charge on any atom is 0.397 e. The van der Waals surface area contributed by atoms with Crippen molar-refractivity contribution in [2.75, 3.05) is 21.2 Å². The highest BCUT2D eigenvalue weighted by molar-refractivity contribution is 7.80. The molecule has 0 aliphatic rings.